The van der Waals surface area contributed by atoms with E-state index in [2.05, 4.69) is 11.8 Å². The maximum Gasteiger partial charge on any atom is 0.261 e. The molecule has 2 amide bonds. The summed E-state index contributed by atoms with van der Waals surface area (Å²) in [6.45, 7) is 3.84. The molecule has 3 aliphatic rings. The van der Waals surface area contributed by atoms with Crippen LogP contribution in [0.15, 0.2) is 48.5 Å². The average molecular weight is 481 g/mol. The summed E-state index contributed by atoms with van der Waals surface area (Å²) in [5, 5.41) is 0. The molecule has 0 radical (unpaired) electrons. The zero-order valence-corrected chi connectivity index (χ0v) is 20.2. The van der Waals surface area contributed by atoms with Crippen molar-refractivity contribution < 1.29 is 23.5 Å². The van der Waals surface area contributed by atoms with E-state index in [1.807, 2.05) is 0 Å². The molecular formula is C28H33FN2O4. The third-order valence-corrected chi connectivity index (χ3v) is 7.49. The number of hydrogen-bond donors (Lipinski definition) is 0. The van der Waals surface area contributed by atoms with Gasteiger partial charge in [-0.25, -0.2) is 4.39 Å². The number of benzene rings is 2. The lowest BCUT2D eigenvalue weighted by molar-refractivity contribution is -0.129. The molecule has 0 aromatic heterocycles. The fraction of sp³-hybridized carbons (Fsp3) is 0.500. The monoisotopic (exact) mass is 480 g/mol. The molecule has 0 spiro atoms. The highest BCUT2D eigenvalue weighted by Gasteiger charge is 2.43. The van der Waals surface area contributed by atoms with Crippen LogP contribution < -0.4 is 0 Å². The maximum absolute atomic E-state index is 13.4. The number of imide groups is 1. The van der Waals surface area contributed by atoms with Crippen LogP contribution in [0.1, 0.15) is 77.8 Å². The third-order valence-electron chi connectivity index (χ3n) is 7.49. The predicted molar refractivity (Wildman–Crippen MR) is 129 cm³/mol. The first-order chi connectivity index (χ1) is 17.1. The van der Waals surface area contributed by atoms with E-state index in [9.17, 15) is 14.0 Å². The van der Waals surface area contributed by atoms with Gasteiger partial charge in [0.25, 0.3) is 11.8 Å². The molecule has 7 heteroatoms. The first kappa shape index (κ1) is 24.1. The molecule has 2 aromatic carbocycles. The van der Waals surface area contributed by atoms with Crippen LogP contribution >= 0.6 is 0 Å². The molecule has 35 heavy (non-hydrogen) atoms. The highest BCUT2D eigenvalue weighted by Crippen LogP contribution is 2.35. The average Bonchev–Trinajstić information content (AvgIpc) is 3.47. The minimum Gasteiger partial charge on any atom is -0.348 e. The normalized spacial score (nSPS) is 25.8. The minimum absolute atomic E-state index is 0.0412. The van der Waals surface area contributed by atoms with E-state index in [1.165, 1.54) is 17.0 Å². The third kappa shape index (κ3) is 4.90. The number of piperidine rings is 1. The fourth-order valence-corrected chi connectivity index (χ4v) is 5.62. The Labute approximate surface area is 206 Å². The second-order valence-electron chi connectivity index (χ2n) is 9.74. The number of carbonyl (C=O) groups is 2. The number of fused-ring (bicyclic) bond motifs is 1. The van der Waals surface area contributed by atoms with Crippen molar-refractivity contribution in [1.82, 2.24) is 9.80 Å². The molecule has 2 aromatic rings. The van der Waals surface area contributed by atoms with Crippen molar-refractivity contribution in [2.45, 2.75) is 69.9 Å². The van der Waals surface area contributed by atoms with E-state index in [0.29, 0.717) is 24.3 Å². The zero-order valence-electron chi connectivity index (χ0n) is 20.2. The fourth-order valence-electron chi connectivity index (χ4n) is 5.62. The molecule has 2 fully saturated rings. The number of unbranched alkanes of at least 4 members (excludes halogenated alkanes) is 1. The smallest absolute Gasteiger partial charge is 0.261 e. The lowest BCUT2D eigenvalue weighted by atomic mass is 9.96. The standard InChI is InChI=1S/C28H33FN2O4/c1-2-3-8-21(17-31-26(32)22-9-4-5-10-23(22)27(31)33)30-16-7-6-11-24(30)28-34-18-25(35-28)19-12-14-20(29)15-13-19/h4-5,9-10,12-15,21,24-25,28H,2-3,6-8,11,16-18H2,1H3. The molecule has 0 bridgehead atoms. The number of amides is 2. The largest absolute Gasteiger partial charge is 0.348 e. The number of ether oxygens (including phenoxy) is 2. The van der Waals surface area contributed by atoms with Gasteiger partial charge in [-0.15, -0.1) is 0 Å². The summed E-state index contributed by atoms with van der Waals surface area (Å²) in [5.74, 6) is -0.676. The van der Waals surface area contributed by atoms with Crippen LogP contribution in [0.4, 0.5) is 4.39 Å². The SMILES string of the molecule is CCCCC(CN1C(=O)c2ccccc2C1=O)N1CCCCC1C1OCC(c2ccc(F)cc2)O1. The van der Waals surface area contributed by atoms with Crippen molar-refractivity contribution in [3.05, 3.63) is 71.0 Å². The summed E-state index contributed by atoms with van der Waals surface area (Å²) in [6.07, 6.45) is 5.42. The van der Waals surface area contributed by atoms with Crippen molar-refractivity contribution in [2.24, 2.45) is 0 Å². The summed E-state index contributed by atoms with van der Waals surface area (Å²) in [5.41, 5.74) is 1.89. The Morgan fingerprint density at radius 2 is 1.74 bits per heavy atom. The van der Waals surface area contributed by atoms with Crippen molar-refractivity contribution in [2.75, 3.05) is 19.7 Å². The van der Waals surface area contributed by atoms with E-state index >= 15 is 0 Å². The summed E-state index contributed by atoms with van der Waals surface area (Å²) in [6, 6.07) is 13.5. The Bertz CT molecular complexity index is 1020. The zero-order chi connectivity index (χ0) is 24.4. The Balaban J connectivity index is 1.33. The molecule has 3 aliphatic heterocycles. The predicted octanol–water partition coefficient (Wildman–Crippen LogP) is 4.95. The van der Waals surface area contributed by atoms with Crippen LogP contribution in [0.2, 0.25) is 0 Å². The number of carbonyl (C=O) groups excluding carboxylic acids is 2. The summed E-state index contributed by atoms with van der Waals surface area (Å²) >= 11 is 0. The van der Waals surface area contributed by atoms with Crippen LogP contribution in [0.25, 0.3) is 0 Å². The molecule has 4 atom stereocenters. The van der Waals surface area contributed by atoms with E-state index in [-0.39, 0.29) is 35.8 Å². The van der Waals surface area contributed by atoms with Crippen LogP contribution in [0, 0.1) is 5.82 Å². The summed E-state index contributed by atoms with van der Waals surface area (Å²) in [7, 11) is 0. The minimum atomic E-state index is -0.392. The highest BCUT2D eigenvalue weighted by atomic mass is 19.1. The van der Waals surface area contributed by atoms with E-state index in [1.54, 1.807) is 36.4 Å². The van der Waals surface area contributed by atoms with Gasteiger partial charge in [-0.1, -0.05) is 50.5 Å². The van der Waals surface area contributed by atoms with E-state index in [4.69, 9.17) is 9.47 Å². The second-order valence-corrected chi connectivity index (χ2v) is 9.74. The molecular weight excluding hydrogens is 447 g/mol. The molecule has 0 N–H and O–H groups in total. The van der Waals surface area contributed by atoms with Crippen LogP contribution in [-0.2, 0) is 9.47 Å². The van der Waals surface area contributed by atoms with Gasteiger partial charge >= 0.3 is 0 Å². The molecule has 2 saturated heterocycles. The molecule has 0 aliphatic carbocycles. The van der Waals surface area contributed by atoms with Crippen molar-refractivity contribution in [1.29, 1.82) is 0 Å². The van der Waals surface area contributed by atoms with E-state index < -0.39 is 6.29 Å². The van der Waals surface area contributed by atoms with Gasteiger partial charge < -0.3 is 9.47 Å². The molecule has 186 valence electrons. The van der Waals surface area contributed by atoms with Crippen LogP contribution in [-0.4, -0.2) is 59.7 Å². The van der Waals surface area contributed by atoms with Crippen molar-refractivity contribution in [3.8, 4) is 0 Å². The molecule has 3 heterocycles. The van der Waals surface area contributed by atoms with E-state index in [0.717, 1.165) is 50.6 Å². The lowest BCUT2D eigenvalue weighted by Crippen LogP contribution is -2.55. The number of hydrogen-bond acceptors (Lipinski definition) is 5. The van der Waals surface area contributed by atoms with Gasteiger partial charge in [0, 0.05) is 12.6 Å². The summed E-state index contributed by atoms with van der Waals surface area (Å²) in [4.78, 5) is 30.0. The maximum atomic E-state index is 13.4. The molecule has 6 nitrogen and oxygen atoms in total. The lowest BCUT2D eigenvalue weighted by Gasteiger charge is -2.44. The van der Waals surface area contributed by atoms with Gasteiger partial charge in [0.15, 0.2) is 6.29 Å². The highest BCUT2D eigenvalue weighted by molar-refractivity contribution is 6.21. The van der Waals surface area contributed by atoms with Gasteiger partial charge in [-0.2, -0.15) is 0 Å². The Morgan fingerprint density at radius 1 is 1.03 bits per heavy atom. The first-order valence-corrected chi connectivity index (χ1v) is 12.8. The van der Waals surface area contributed by atoms with Crippen LogP contribution in [0.3, 0.4) is 0 Å². The molecule has 4 unspecified atom stereocenters. The molecule has 0 saturated carbocycles. The topological polar surface area (TPSA) is 59.1 Å². The number of likely N-dealkylation sites (tertiary alicyclic amines) is 1. The molecule has 5 rings (SSSR count). The number of halogens is 1. The van der Waals surface area contributed by atoms with Gasteiger partial charge in [0.05, 0.1) is 23.8 Å². The Hall–Kier alpha value is -2.61. The Morgan fingerprint density at radius 3 is 2.43 bits per heavy atom. The Kier molecular flexibility index (Phi) is 7.27. The first-order valence-electron chi connectivity index (χ1n) is 12.8. The second kappa shape index (κ2) is 10.6. The van der Waals surface area contributed by atoms with Crippen molar-refractivity contribution in [3.63, 3.8) is 0 Å². The van der Waals surface area contributed by atoms with Gasteiger partial charge in [-0.3, -0.25) is 19.4 Å². The number of nitrogens with zero attached hydrogens (tertiary/aromatic N) is 2. The van der Waals surface area contributed by atoms with Crippen molar-refractivity contribution >= 4 is 11.8 Å². The number of rotatable bonds is 8. The van der Waals surface area contributed by atoms with Gasteiger partial charge in [0.1, 0.15) is 11.9 Å². The summed E-state index contributed by atoms with van der Waals surface area (Å²) < 4.78 is 25.8. The van der Waals surface area contributed by atoms with Gasteiger partial charge in [0.2, 0.25) is 0 Å². The van der Waals surface area contributed by atoms with Gasteiger partial charge in [-0.05, 0) is 55.6 Å². The quantitative estimate of drug-likeness (QED) is 0.501. The van der Waals surface area contributed by atoms with Crippen LogP contribution in [0.5, 0.6) is 0 Å².